The number of hydrogen-bond acceptors (Lipinski definition) is 3. The highest BCUT2D eigenvalue weighted by Crippen LogP contribution is 2.65. The van der Waals surface area contributed by atoms with Gasteiger partial charge in [0.2, 0.25) is 11.8 Å². The minimum atomic E-state index is -4.54. The van der Waals surface area contributed by atoms with Crippen LogP contribution in [0.2, 0.25) is 0 Å². The third-order valence-corrected chi connectivity index (χ3v) is 9.46. The van der Waals surface area contributed by atoms with E-state index in [-0.39, 0.29) is 23.4 Å². The molecule has 8 heteroatoms. The number of hydrogen-bond donors (Lipinski definition) is 2. The molecule has 0 radical (unpaired) electrons. The van der Waals surface area contributed by atoms with Gasteiger partial charge in [-0.3, -0.25) is 9.59 Å². The first-order valence-electron chi connectivity index (χ1n) is 14.4. The summed E-state index contributed by atoms with van der Waals surface area (Å²) in [4.78, 5) is 31.0. The second-order valence-electron chi connectivity index (χ2n) is 12.3. The summed E-state index contributed by atoms with van der Waals surface area (Å²) in [6.07, 6.45) is 1.76. The maximum atomic E-state index is 13.8. The number of rotatable bonds is 8. The van der Waals surface area contributed by atoms with Gasteiger partial charge in [0.15, 0.2) is 0 Å². The number of pyridine rings is 1. The zero-order chi connectivity index (χ0) is 28.7. The molecule has 4 aliphatic rings. The molecule has 4 saturated carbocycles. The summed E-state index contributed by atoms with van der Waals surface area (Å²) >= 11 is 0. The Hall–Kier alpha value is -3.68. The Morgan fingerprint density at radius 3 is 1.90 bits per heavy atom. The van der Waals surface area contributed by atoms with Crippen LogP contribution in [0.5, 0.6) is 0 Å². The zero-order valence-electron chi connectivity index (χ0n) is 22.8. The molecule has 5 nitrogen and oxygen atoms in total. The van der Waals surface area contributed by atoms with E-state index in [4.69, 9.17) is 0 Å². The highest BCUT2D eigenvalue weighted by Gasteiger charge is 2.63. The van der Waals surface area contributed by atoms with Gasteiger partial charge in [0.1, 0.15) is 5.69 Å². The van der Waals surface area contributed by atoms with E-state index in [1.165, 1.54) is 17.2 Å². The molecule has 4 bridgehead atoms. The summed E-state index contributed by atoms with van der Waals surface area (Å²) in [7, 11) is 0. The number of amides is 2. The van der Waals surface area contributed by atoms with Crippen LogP contribution in [0.4, 0.5) is 18.9 Å². The lowest BCUT2D eigenvalue weighted by atomic mass is 9.43. The molecule has 3 aromatic rings. The van der Waals surface area contributed by atoms with E-state index in [1.807, 2.05) is 36.4 Å². The van der Waals surface area contributed by atoms with E-state index in [9.17, 15) is 22.8 Å². The first-order chi connectivity index (χ1) is 19.7. The van der Waals surface area contributed by atoms with Gasteiger partial charge < -0.3 is 10.6 Å². The minimum Gasteiger partial charge on any atom is -0.356 e. The van der Waals surface area contributed by atoms with Crippen molar-refractivity contribution >= 4 is 17.5 Å². The van der Waals surface area contributed by atoms with Gasteiger partial charge in [-0.05, 0) is 80.0 Å². The van der Waals surface area contributed by atoms with Gasteiger partial charge in [-0.25, -0.2) is 4.98 Å². The van der Waals surface area contributed by atoms with E-state index >= 15 is 0 Å². The van der Waals surface area contributed by atoms with Crippen LogP contribution in [0.3, 0.4) is 0 Å². The fourth-order valence-electron chi connectivity index (χ4n) is 8.11. The normalized spacial score (nSPS) is 26.6. The molecule has 214 valence electrons. The summed E-state index contributed by atoms with van der Waals surface area (Å²) in [5.74, 6) is 0.557. The maximum Gasteiger partial charge on any atom is 0.433 e. The standard InChI is InChI=1S/C33H34F3N3O2/c34-33(35,36)28-12-11-26(20-38-28)39-30(41)32-18-22-15-23(19-32)17-31(16-22,21-32)29(40)37-14-13-27(24-7-3-1-4-8-24)25-9-5-2-6-10-25/h1-12,20,22-23,27H,13-19,21H2,(H,37,40)(H,39,41). The van der Waals surface area contributed by atoms with E-state index in [0.717, 1.165) is 37.9 Å². The second kappa shape index (κ2) is 10.6. The molecule has 7 rings (SSSR count). The molecule has 4 fully saturated rings. The van der Waals surface area contributed by atoms with Crippen LogP contribution in [-0.4, -0.2) is 23.3 Å². The Labute approximate surface area is 238 Å². The van der Waals surface area contributed by atoms with Gasteiger partial charge in [0.05, 0.1) is 22.7 Å². The minimum absolute atomic E-state index is 0.0276. The van der Waals surface area contributed by atoms with Crippen LogP contribution in [-0.2, 0) is 15.8 Å². The Kier molecular flexibility index (Phi) is 7.12. The number of nitrogens with zero attached hydrogens (tertiary/aromatic N) is 1. The van der Waals surface area contributed by atoms with Crippen molar-refractivity contribution in [2.24, 2.45) is 22.7 Å². The van der Waals surface area contributed by atoms with Crippen LogP contribution in [0.15, 0.2) is 79.0 Å². The smallest absolute Gasteiger partial charge is 0.356 e. The molecule has 2 unspecified atom stereocenters. The molecule has 4 aliphatic carbocycles. The average molecular weight is 562 g/mol. The van der Waals surface area contributed by atoms with E-state index in [1.54, 1.807) is 0 Å². The van der Waals surface area contributed by atoms with Crippen molar-refractivity contribution in [3.8, 4) is 0 Å². The molecule has 1 heterocycles. The molecule has 2 N–H and O–H groups in total. The molecule has 0 saturated heterocycles. The highest BCUT2D eigenvalue weighted by atomic mass is 19.4. The van der Waals surface area contributed by atoms with Crippen molar-refractivity contribution in [2.45, 2.75) is 57.0 Å². The number of carbonyl (C=O) groups is 2. The lowest BCUT2D eigenvalue weighted by Gasteiger charge is -2.60. The van der Waals surface area contributed by atoms with Gasteiger partial charge >= 0.3 is 6.18 Å². The Bertz CT molecular complexity index is 1340. The van der Waals surface area contributed by atoms with Gasteiger partial charge in [-0.15, -0.1) is 0 Å². The maximum absolute atomic E-state index is 13.8. The molecule has 2 amide bonds. The fourth-order valence-corrected chi connectivity index (χ4v) is 8.11. The summed E-state index contributed by atoms with van der Waals surface area (Å²) < 4.78 is 38.8. The van der Waals surface area contributed by atoms with E-state index < -0.39 is 22.7 Å². The Balaban J connectivity index is 1.14. The average Bonchev–Trinajstić information content (AvgIpc) is 2.95. The number of anilines is 1. The predicted molar refractivity (Wildman–Crippen MR) is 150 cm³/mol. The summed E-state index contributed by atoms with van der Waals surface area (Å²) in [6, 6.07) is 22.7. The van der Waals surface area contributed by atoms with Crippen molar-refractivity contribution in [3.05, 3.63) is 95.8 Å². The van der Waals surface area contributed by atoms with Crippen molar-refractivity contribution in [3.63, 3.8) is 0 Å². The molecule has 1 aromatic heterocycles. The number of halogens is 3. The van der Waals surface area contributed by atoms with Gasteiger partial charge in [-0.1, -0.05) is 60.7 Å². The second-order valence-corrected chi connectivity index (χ2v) is 12.3. The van der Waals surface area contributed by atoms with Crippen LogP contribution in [0.1, 0.15) is 67.7 Å². The molecule has 2 atom stereocenters. The third-order valence-electron chi connectivity index (χ3n) is 9.46. The molecule has 0 spiro atoms. The van der Waals surface area contributed by atoms with Gasteiger partial charge in [-0.2, -0.15) is 13.2 Å². The summed E-state index contributed by atoms with van der Waals surface area (Å²) in [6.45, 7) is 0.529. The van der Waals surface area contributed by atoms with E-state index in [0.29, 0.717) is 37.6 Å². The molecule has 41 heavy (non-hydrogen) atoms. The SMILES string of the molecule is O=C(NCCC(c1ccccc1)c1ccccc1)C12CC3CC(C1)CC(C(=O)Nc1ccc(C(F)(F)F)nc1)(C3)C2. The van der Waals surface area contributed by atoms with Crippen molar-refractivity contribution < 1.29 is 22.8 Å². The largest absolute Gasteiger partial charge is 0.433 e. The van der Waals surface area contributed by atoms with Crippen LogP contribution < -0.4 is 10.6 Å². The molecular weight excluding hydrogens is 527 g/mol. The number of benzene rings is 2. The lowest BCUT2D eigenvalue weighted by Crippen LogP contribution is -2.60. The summed E-state index contributed by atoms with van der Waals surface area (Å²) in [5, 5.41) is 6.08. The van der Waals surface area contributed by atoms with Crippen molar-refractivity contribution in [1.29, 1.82) is 0 Å². The summed E-state index contributed by atoms with van der Waals surface area (Å²) in [5.41, 5.74) is 0.371. The first-order valence-corrected chi connectivity index (χ1v) is 14.4. The predicted octanol–water partition coefficient (Wildman–Crippen LogP) is 6.96. The van der Waals surface area contributed by atoms with Crippen molar-refractivity contribution in [1.82, 2.24) is 10.3 Å². The Morgan fingerprint density at radius 2 is 1.39 bits per heavy atom. The highest BCUT2D eigenvalue weighted by molar-refractivity contribution is 5.96. The number of carbonyl (C=O) groups excluding carboxylic acids is 2. The van der Waals surface area contributed by atoms with E-state index in [2.05, 4.69) is 39.9 Å². The first kappa shape index (κ1) is 27.5. The van der Waals surface area contributed by atoms with Crippen LogP contribution >= 0.6 is 0 Å². The van der Waals surface area contributed by atoms with Crippen LogP contribution in [0, 0.1) is 22.7 Å². The number of aromatic nitrogens is 1. The van der Waals surface area contributed by atoms with Gasteiger partial charge in [0, 0.05) is 12.5 Å². The fraction of sp³-hybridized carbons (Fsp3) is 0.424. The molecule has 2 aromatic carbocycles. The topological polar surface area (TPSA) is 71.1 Å². The van der Waals surface area contributed by atoms with Crippen molar-refractivity contribution in [2.75, 3.05) is 11.9 Å². The molecular formula is C33H34F3N3O2. The molecule has 0 aliphatic heterocycles. The monoisotopic (exact) mass is 561 g/mol. The van der Waals surface area contributed by atoms with Gasteiger partial charge in [0.25, 0.3) is 0 Å². The lowest BCUT2D eigenvalue weighted by molar-refractivity contribution is -0.164. The Morgan fingerprint density at radius 1 is 0.829 bits per heavy atom. The number of nitrogens with one attached hydrogen (secondary N) is 2. The number of alkyl halides is 3. The zero-order valence-corrected chi connectivity index (χ0v) is 22.8. The quantitative estimate of drug-likeness (QED) is 0.312. The third kappa shape index (κ3) is 5.48. The van der Waals surface area contributed by atoms with Crippen LogP contribution in [0.25, 0.3) is 0 Å².